The van der Waals surface area contributed by atoms with E-state index < -0.39 is 17.8 Å². The van der Waals surface area contributed by atoms with Crippen LogP contribution >= 0.6 is 0 Å². The Labute approximate surface area is 365 Å². The second-order valence-corrected chi connectivity index (χ2v) is 13.0. The van der Waals surface area contributed by atoms with Gasteiger partial charge in [-0.15, -0.1) is 5.06 Å². The highest BCUT2D eigenvalue weighted by Crippen LogP contribution is 2.13. The molecule has 2 aliphatic rings. The molecule has 4 amide bonds. The van der Waals surface area contributed by atoms with Crippen molar-refractivity contribution in [3.8, 4) is 0 Å². The first kappa shape index (κ1) is 56.7. The summed E-state index contributed by atoms with van der Waals surface area (Å²) in [5.41, 5.74) is 0. The molecule has 2 heterocycles. The van der Waals surface area contributed by atoms with Crippen molar-refractivity contribution >= 4 is 35.4 Å². The van der Waals surface area contributed by atoms with Gasteiger partial charge in [0.1, 0.15) is 5.78 Å². The molecule has 62 heavy (non-hydrogen) atoms. The van der Waals surface area contributed by atoms with Crippen molar-refractivity contribution in [2.75, 3.05) is 166 Å². The normalized spacial score (nSPS) is 13.7. The Kier molecular flexibility index (Phi) is 38.1. The number of Topliss-reactive ketones (excluding diaryl/α,β-unsaturated/α-hetero) is 1. The predicted molar refractivity (Wildman–Crippen MR) is 218 cm³/mol. The molecule has 0 aromatic heterocycles. The lowest BCUT2D eigenvalue weighted by Crippen LogP contribution is -2.32. The van der Waals surface area contributed by atoms with E-state index in [9.17, 15) is 28.8 Å². The molecule has 21 heteroatoms. The van der Waals surface area contributed by atoms with Gasteiger partial charge in [0, 0.05) is 71.3 Å². The molecule has 0 aromatic carbocycles. The maximum Gasteiger partial charge on any atom is 0.333 e. The van der Waals surface area contributed by atoms with E-state index in [1.807, 2.05) is 6.92 Å². The number of methoxy groups -OCH3 is 1. The van der Waals surface area contributed by atoms with E-state index in [4.69, 9.17) is 61.7 Å². The van der Waals surface area contributed by atoms with Crippen LogP contribution in [0.4, 0.5) is 0 Å². The van der Waals surface area contributed by atoms with Crippen molar-refractivity contribution in [3.63, 3.8) is 0 Å². The van der Waals surface area contributed by atoms with E-state index in [0.29, 0.717) is 176 Å². The predicted octanol–water partition coefficient (Wildman–Crippen LogP) is 0.874. The Morgan fingerprint density at radius 2 is 0.806 bits per heavy atom. The quantitative estimate of drug-likeness (QED) is 0.0611. The molecule has 0 bridgehead atoms. The SMILES string of the molecule is CCOCCOCCOCCOCCOCCOCCOCCCC(=O)CCN1C(=O)C=CC1=O.COCCOCCOCCOCCOCCCC(=O)ON1C(=O)CCC1=O. The number of imide groups is 2. The summed E-state index contributed by atoms with van der Waals surface area (Å²) in [5.74, 6) is -2.31. The van der Waals surface area contributed by atoms with Crippen molar-refractivity contribution in [1.82, 2.24) is 9.96 Å². The average Bonchev–Trinajstić information content (AvgIpc) is 3.76. The molecule has 1 saturated heterocycles. The van der Waals surface area contributed by atoms with Gasteiger partial charge in [-0.25, -0.2) is 4.79 Å². The minimum Gasteiger partial charge on any atom is -0.382 e. The maximum absolute atomic E-state index is 11.8. The molecule has 0 spiro atoms. The number of carbonyl (C=O) groups excluding carboxylic acids is 6. The highest BCUT2D eigenvalue weighted by Gasteiger charge is 2.32. The van der Waals surface area contributed by atoms with Gasteiger partial charge in [0.2, 0.25) is 0 Å². The van der Waals surface area contributed by atoms with Gasteiger partial charge in [-0.3, -0.25) is 28.9 Å². The van der Waals surface area contributed by atoms with Gasteiger partial charge in [-0.05, 0) is 19.8 Å². The third-order valence-electron chi connectivity index (χ3n) is 8.11. The summed E-state index contributed by atoms with van der Waals surface area (Å²) >= 11 is 0. The third-order valence-corrected chi connectivity index (χ3v) is 8.11. The Bertz CT molecular complexity index is 1190. The topological polar surface area (TPSA) is 229 Å². The maximum atomic E-state index is 11.8. The van der Waals surface area contributed by atoms with Crippen LogP contribution in [0.25, 0.3) is 0 Å². The summed E-state index contributed by atoms with van der Waals surface area (Å²) in [6.45, 7) is 13.7. The zero-order chi connectivity index (χ0) is 45.1. The van der Waals surface area contributed by atoms with E-state index in [1.54, 1.807) is 7.11 Å². The van der Waals surface area contributed by atoms with Crippen LogP contribution in [0.2, 0.25) is 0 Å². The highest BCUT2D eigenvalue weighted by atomic mass is 16.7. The van der Waals surface area contributed by atoms with Crippen LogP contribution < -0.4 is 0 Å². The van der Waals surface area contributed by atoms with Crippen LogP contribution in [-0.2, 0) is 90.4 Å². The van der Waals surface area contributed by atoms with E-state index in [2.05, 4.69) is 0 Å². The summed E-state index contributed by atoms with van der Waals surface area (Å²) in [7, 11) is 1.62. The Morgan fingerprint density at radius 3 is 1.18 bits per heavy atom. The number of ketones is 1. The number of hydrogen-bond donors (Lipinski definition) is 0. The zero-order valence-corrected chi connectivity index (χ0v) is 36.7. The fourth-order valence-electron chi connectivity index (χ4n) is 4.88. The fraction of sp³-hybridized carbons (Fsp3) is 0.805. The average molecular weight is 895 g/mol. The van der Waals surface area contributed by atoms with Crippen LogP contribution in [-0.4, -0.2) is 211 Å². The molecule has 0 aromatic rings. The van der Waals surface area contributed by atoms with Gasteiger partial charge in [0.25, 0.3) is 23.6 Å². The molecule has 2 aliphatic heterocycles. The third kappa shape index (κ3) is 33.3. The molecule has 1 fully saturated rings. The second kappa shape index (κ2) is 41.7. The van der Waals surface area contributed by atoms with Gasteiger partial charge < -0.3 is 61.7 Å². The van der Waals surface area contributed by atoms with Crippen molar-refractivity contribution in [2.24, 2.45) is 0 Å². The van der Waals surface area contributed by atoms with E-state index in [0.717, 1.165) is 4.90 Å². The molecule has 0 radical (unpaired) electrons. The van der Waals surface area contributed by atoms with Crippen molar-refractivity contribution in [2.45, 2.75) is 51.9 Å². The number of amides is 4. The lowest BCUT2D eigenvalue weighted by molar-refractivity contribution is -0.197. The first-order chi connectivity index (χ1) is 30.3. The summed E-state index contributed by atoms with van der Waals surface area (Å²) in [4.78, 5) is 74.6. The Balaban J connectivity index is 0.000000641. The first-order valence-electron chi connectivity index (χ1n) is 21.3. The monoisotopic (exact) mass is 894 g/mol. The molecular formula is C41H70N2O19. The van der Waals surface area contributed by atoms with E-state index in [1.165, 1.54) is 12.2 Å². The largest absolute Gasteiger partial charge is 0.382 e. The number of rotatable bonds is 43. The molecule has 21 nitrogen and oxygen atoms in total. The van der Waals surface area contributed by atoms with Crippen LogP contribution in [0.1, 0.15) is 51.9 Å². The van der Waals surface area contributed by atoms with Crippen molar-refractivity contribution in [3.05, 3.63) is 12.2 Å². The highest BCUT2D eigenvalue weighted by molar-refractivity contribution is 6.13. The first-order valence-corrected chi connectivity index (χ1v) is 21.3. The number of carbonyl (C=O) groups is 6. The van der Waals surface area contributed by atoms with Crippen LogP contribution in [0, 0.1) is 0 Å². The number of ether oxygens (including phenoxy) is 12. The van der Waals surface area contributed by atoms with E-state index >= 15 is 0 Å². The summed E-state index contributed by atoms with van der Waals surface area (Å²) in [6.07, 6.45) is 4.22. The zero-order valence-electron chi connectivity index (χ0n) is 36.7. The van der Waals surface area contributed by atoms with Gasteiger partial charge >= 0.3 is 5.97 Å². The lowest BCUT2D eigenvalue weighted by Gasteiger charge is -2.12. The minimum absolute atomic E-state index is 0.00434. The molecule has 0 aliphatic carbocycles. The second-order valence-electron chi connectivity index (χ2n) is 13.0. The van der Waals surface area contributed by atoms with Gasteiger partial charge in [-0.2, -0.15) is 0 Å². The van der Waals surface area contributed by atoms with E-state index in [-0.39, 0.29) is 49.8 Å². The summed E-state index contributed by atoms with van der Waals surface area (Å²) in [6, 6.07) is 0. The summed E-state index contributed by atoms with van der Waals surface area (Å²) < 4.78 is 63.6. The van der Waals surface area contributed by atoms with Gasteiger partial charge in [0.15, 0.2) is 0 Å². The number of hydrogen-bond acceptors (Lipinski definition) is 19. The number of hydroxylamine groups is 2. The molecule has 0 saturated carbocycles. The molecule has 358 valence electrons. The molecular weight excluding hydrogens is 824 g/mol. The van der Waals surface area contributed by atoms with Crippen molar-refractivity contribution < 1.29 is 90.4 Å². The summed E-state index contributed by atoms with van der Waals surface area (Å²) in [5, 5.41) is 0.546. The van der Waals surface area contributed by atoms with Crippen LogP contribution in [0.15, 0.2) is 12.2 Å². The molecule has 2 rings (SSSR count). The number of nitrogens with zero attached hydrogens (tertiary/aromatic N) is 2. The molecule has 0 unspecified atom stereocenters. The van der Waals surface area contributed by atoms with Gasteiger partial charge in [0.05, 0.1) is 139 Å². The van der Waals surface area contributed by atoms with Crippen LogP contribution in [0.5, 0.6) is 0 Å². The Morgan fingerprint density at radius 1 is 0.468 bits per heavy atom. The van der Waals surface area contributed by atoms with Gasteiger partial charge in [-0.1, -0.05) is 0 Å². The van der Waals surface area contributed by atoms with Crippen LogP contribution in [0.3, 0.4) is 0 Å². The standard InChI is InChI=1S/C24H41NO10.C17H29NO9/c1-2-29-10-11-31-14-15-33-18-19-35-21-20-34-17-16-32-13-12-30-9-3-4-22(26)7-8-25-23(27)5-6-24(25)28;1-22-7-8-24-11-12-26-14-13-25-10-9-23-6-2-3-17(21)27-18-15(19)4-5-16(18)20/h5-6H,2-4,7-21H2,1H3;2-14H2,1H3. The lowest BCUT2D eigenvalue weighted by atomic mass is 10.1. The van der Waals surface area contributed by atoms with Crippen molar-refractivity contribution in [1.29, 1.82) is 0 Å². The Hall–Kier alpha value is -3.32. The smallest absolute Gasteiger partial charge is 0.333 e. The molecule has 0 N–H and O–H groups in total. The molecule has 0 atom stereocenters. The fourth-order valence-corrected chi connectivity index (χ4v) is 4.88. The minimum atomic E-state index is -0.623.